The molecule has 6 heteroatoms. The predicted octanol–water partition coefficient (Wildman–Crippen LogP) is 2.01. The number of carbonyl (C=O) groups excluding carboxylic acids is 2. The molecule has 0 saturated heterocycles. The number of hydrogen-bond donors (Lipinski definition) is 1. The Morgan fingerprint density at radius 3 is 2.22 bits per heavy atom. The van der Waals surface area contributed by atoms with Gasteiger partial charge in [-0.15, -0.1) is 0 Å². The lowest BCUT2D eigenvalue weighted by molar-refractivity contribution is -0.165. The Morgan fingerprint density at radius 2 is 1.70 bits per heavy atom. The summed E-state index contributed by atoms with van der Waals surface area (Å²) in [5, 5.41) is 9.12. The molecular formula is C17H20O6. The van der Waals surface area contributed by atoms with Crippen LogP contribution < -0.4 is 0 Å². The molecular weight excluding hydrogens is 300 g/mol. The molecule has 1 unspecified atom stereocenters. The molecule has 1 atom stereocenters. The molecule has 1 aromatic carbocycles. The summed E-state index contributed by atoms with van der Waals surface area (Å²) in [4.78, 5) is 36.3. The number of carboxylic acids is 1. The first-order chi connectivity index (χ1) is 11.0. The van der Waals surface area contributed by atoms with Crippen molar-refractivity contribution in [3.8, 4) is 0 Å². The number of carbonyl (C=O) groups is 3. The van der Waals surface area contributed by atoms with Crippen molar-refractivity contribution in [3.63, 3.8) is 0 Å². The molecule has 1 aliphatic carbocycles. The molecule has 2 rings (SSSR count). The lowest BCUT2D eigenvalue weighted by Crippen LogP contribution is -2.44. The molecule has 23 heavy (non-hydrogen) atoms. The van der Waals surface area contributed by atoms with E-state index in [-0.39, 0.29) is 26.1 Å². The van der Waals surface area contributed by atoms with Crippen LogP contribution >= 0.6 is 0 Å². The van der Waals surface area contributed by atoms with Crippen LogP contribution in [0.15, 0.2) is 24.3 Å². The molecule has 0 heterocycles. The Kier molecular flexibility index (Phi) is 5.03. The van der Waals surface area contributed by atoms with Crippen molar-refractivity contribution in [2.45, 2.75) is 38.0 Å². The van der Waals surface area contributed by atoms with Crippen molar-refractivity contribution >= 4 is 17.9 Å². The number of rotatable bonds is 6. The number of esters is 2. The fourth-order valence-electron chi connectivity index (χ4n) is 3.20. The van der Waals surface area contributed by atoms with Gasteiger partial charge in [0.15, 0.2) is 5.41 Å². The van der Waals surface area contributed by atoms with E-state index in [9.17, 15) is 14.4 Å². The highest BCUT2D eigenvalue weighted by molar-refractivity contribution is 6.07. The minimum absolute atomic E-state index is 0.0519. The molecule has 0 aromatic heterocycles. The van der Waals surface area contributed by atoms with E-state index in [1.807, 2.05) is 0 Å². The van der Waals surface area contributed by atoms with Crippen LogP contribution in [0.3, 0.4) is 0 Å². The fraction of sp³-hybridized carbons (Fsp3) is 0.471. The van der Waals surface area contributed by atoms with Crippen LogP contribution in [-0.2, 0) is 29.3 Å². The quantitative estimate of drug-likeness (QED) is 0.637. The molecule has 124 valence electrons. The van der Waals surface area contributed by atoms with Crippen molar-refractivity contribution in [2.75, 3.05) is 13.2 Å². The van der Waals surface area contributed by atoms with Gasteiger partial charge < -0.3 is 14.6 Å². The van der Waals surface area contributed by atoms with Gasteiger partial charge in [-0.2, -0.15) is 0 Å². The second-order valence-corrected chi connectivity index (χ2v) is 5.43. The zero-order chi connectivity index (χ0) is 17.0. The average Bonchev–Trinajstić information content (AvgIpc) is 2.83. The van der Waals surface area contributed by atoms with E-state index in [0.29, 0.717) is 11.1 Å². The van der Waals surface area contributed by atoms with Gasteiger partial charge in [-0.3, -0.25) is 14.4 Å². The van der Waals surface area contributed by atoms with Gasteiger partial charge in [-0.05, 0) is 37.3 Å². The number of fused-ring (bicyclic) bond motifs is 1. The summed E-state index contributed by atoms with van der Waals surface area (Å²) in [6.45, 7) is 3.58. The predicted molar refractivity (Wildman–Crippen MR) is 81.0 cm³/mol. The highest BCUT2D eigenvalue weighted by Gasteiger charge is 2.57. The van der Waals surface area contributed by atoms with E-state index in [4.69, 9.17) is 14.6 Å². The second-order valence-electron chi connectivity index (χ2n) is 5.43. The van der Waals surface area contributed by atoms with Crippen LogP contribution in [0.2, 0.25) is 0 Å². The average molecular weight is 320 g/mol. The van der Waals surface area contributed by atoms with Gasteiger partial charge in [0.25, 0.3) is 0 Å². The smallest absolute Gasteiger partial charge is 0.328 e. The number of ether oxygens (including phenoxy) is 2. The van der Waals surface area contributed by atoms with Crippen molar-refractivity contribution in [2.24, 2.45) is 0 Å². The Labute approximate surface area is 134 Å². The van der Waals surface area contributed by atoms with Gasteiger partial charge in [0.05, 0.1) is 19.6 Å². The van der Waals surface area contributed by atoms with E-state index in [0.717, 1.165) is 0 Å². The zero-order valence-corrected chi connectivity index (χ0v) is 13.2. The standard InChI is InChI=1S/C17H20O6/c1-3-22-15(20)17(16(21)23-4-2)10-11(9-14(18)19)12-7-5-6-8-13(12)17/h5-8,11H,3-4,9-10H2,1-2H3,(H,18,19). The minimum Gasteiger partial charge on any atom is -0.481 e. The van der Waals surface area contributed by atoms with E-state index in [2.05, 4.69) is 0 Å². The Morgan fingerprint density at radius 1 is 1.13 bits per heavy atom. The summed E-state index contributed by atoms with van der Waals surface area (Å²) in [5.41, 5.74) is -0.401. The van der Waals surface area contributed by atoms with Gasteiger partial charge >= 0.3 is 17.9 Å². The maximum Gasteiger partial charge on any atom is 0.328 e. The lowest BCUT2D eigenvalue weighted by atomic mass is 9.81. The minimum atomic E-state index is -1.58. The number of carboxylic acid groups (broad SMARTS) is 1. The SMILES string of the molecule is CCOC(=O)C1(C(=O)OCC)CC(CC(=O)O)c2ccccc21. The maximum atomic E-state index is 12.6. The number of benzene rings is 1. The summed E-state index contributed by atoms with van der Waals surface area (Å²) in [5.74, 6) is -2.77. The van der Waals surface area contributed by atoms with Gasteiger partial charge in [0, 0.05) is 0 Å². The van der Waals surface area contributed by atoms with Gasteiger partial charge in [0.2, 0.25) is 0 Å². The molecule has 1 aliphatic rings. The lowest BCUT2D eigenvalue weighted by Gasteiger charge is -2.26. The third-order valence-electron chi connectivity index (χ3n) is 4.08. The normalized spacial score (nSPS) is 18.1. The molecule has 0 radical (unpaired) electrons. The van der Waals surface area contributed by atoms with Crippen LogP contribution in [0.4, 0.5) is 0 Å². The number of hydrogen-bond acceptors (Lipinski definition) is 5. The Bertz CT molecular complexity index is 603. The third-order valence-corrected chi connectivity index (χ3v) is 4.08. The van der Waals surface area contributed by atoms with E-state index in [1.54, 1.807) is 38.1 Å². The first-order valence-electron chi connectivity index (χ1n) is 7.63. The van der Waals surface area contributed by atoms with E-state index < -0.39 is 29.2 Å². The molecule has 1 aromatic rings. The molecule has 1 N–H and O–H groups in total. The highest BCUT2D eigenvalue weighted by atomic mass is 16.6. The first-order valence-corrected chi connectivity index (χ1v) is 7.63. The van der Waals surface area contributed by atoms with Crippen LogP contribution in [-0.4, -0.2) is 36.2 Å². The van der Waals surface area contributed by atoms with Gasteiger partial charge in [0.1, 0.15) is 0 Å². The first kappa shape index (κ1) is 17.0. The monoisotopic (exact) mass is 320 g/mol. The molecule has 0 aliphatic heterocycles. The van der Waals surface area contributed by atoms with E-state index >= 15 is 0 Å². The molecule has 6 nitrogen and oxygen atoms in total. The summed E-state index contributed by atoms with van der Waals surface area (Å²) < 4.78 is 10.2. The zero-order valence-electron chi connectivity index (χ0n) is 13.2. The largest absolute Gasteiger partial charge is 0.481 e. The van der Waals surface area contributed by atoms with Crippen molar-refractivity contribution in [3.05, 3.63) is 35.4 Å². The summed E-state index contributed by atoms with van der Waals surface area (Å²) in [6.07, 6.45) is -0.103. The molecule has 0 bridgehead atoms. The highest BCUT2D eigenvalue weighted by Crippen LogP contribution is 2.49. The van der Waals surface area contributed by atoms with Crippen LogP contribution in [0.5, 0.6) is 0 Å². The molecule has 0 spiro atoms. The second kappa shape index (κ2) is 6.81. The van der Waals surface area contributed by atoms with Gasteiger partial charge in [-0.25, -0.2) is 0 Å². The Hall–Kier alpha value is -2.37. The van der Waals surface area contributed by atoms with Crippen molar-refractivity contribution in [1.82, 2.24) is 0 Å². The van der Waals surface area contributed by atoms with Crippen LogP contribution in [0.25, 0.3) is 0 Å². The molecule has 0 amide bonds. The van der Waals surface area contributed by atoms with E-state index in [1.165, 1.54) is 0 Å². The fourth-order valence-corrected chi connectivity index (χ4v) is 3.20. The third kappa shape index (κ3) is 2.93. The number of aliphatic carboxylic acids is 1. The summed E-state index contributed by atoms with van der Waals surface area (Å²) in [7, 11) is 0. The Balaban J connectivity index is 2.56. The van der Waals surface area contributed by atoms with Gasteiger partial charge in [-0.1, -0.05) is 24.3 Å². The van der Waals surface area contributed by atoms with Crippen molar-refractivity contribution in [1.29, 1.82) is 0 Å². The summed E-state index contributed by atoms with van der Waals surface area (Å²) >= 11 is 0. The summed E-state index contributed by atoms with van der Waals surface area (Å²) in [6, 6.07) is 6.91. The molecule has 0 saturated carbocycles. The van der Waals surface area contributed by atoms with Crippen LogP contribution in [0.1, 0.15) is 43.7 Å². The topological polar surface area (TPSA) is 89.9 Å². The van der Waals surface area contributed by atoms with Crippen molar-refractivity contribution < 1.29 is 29.0 Å². The molecule has 0 fully saturated rings. The van der Waals surface area contributed by atoms with Crippen LogP contribution in [0, 0.1) is 0 Å². The maximum absolute atomic E-state index is 12.6.